The Bertz CT molecular complexity index is 927. The van der Waals surface area contributed by atoms with Crippen LogP contribution in [0.5, 0.6) is 0 Å². The maximum absolute atomic E-state index is 12.8. The van der Waals surface area contributed by atoms with E-state index in [-0.39, 0.29) is 11.8 Å². The molecule has 1 aliphatic rings. The largest absolute Gasteiger partial charge is 0.385 e. The van der Waals surface area contributed by atoms with Gasteiger partial charge in [-0.1, -0.05) is 35.5 Å². The number of thioether (sulfide) groups is 1. The second kappa shape index (κ2) is 12.7. The number of carbonyl (C=O) groups is 2. The summed E-state index contributed by atoms with van der Waals surface area (Å²) < 4.78 is 7.04. The van der Waals surface area contributed by atoms with Crippen molar-refractivity contribution in [3.63, 3.8) is 0 Å². The molecule has 0 bridgehead atoms. The third-order valence-corrected chi connectivity index (χ3v) is 6.53. The van der Waals surface area contributed by atoms with Gasteiger partial charge >= 0.3 is 0 Å². The highest BCUT2D eigenvalue weighted by atomic mass is 32.2. The molecule has 2 amide bonds. The smallest absolute Gasteiger partial charge is 0.234 e. The number of benzene rings is 1. The molecule has 1 aromatic heterocycles. The van der Waals surface area contributed by atoms with Gasteiger partial charge in [0.25, 0.3) is 0 Å². The molecule has 0 radical (unpaired) electrons. The molecule has 0 spiro atoms. The first-order valence-corrected chi connectivity index (χ1v) is 12.4. The van der Waals surface area contributed by atoms with Gasteiger partial charge in [0.2, 0.25) is 11.8 Å². The number of amides is 2. The SMILES string of the molecule is CCn1c(SCC(=O)N2CCN(CC(=O)NCCCOC)CC2)nnc1-c1cccc(C)c1. The minimum atomic E-state index is 0.0183. The Hall–Kier alpha value is -2.43. The summed E-state index contributed by atoms with van der Waals surface area (Å²) in [5.41, 5.74) is 2.20. The van der Waals surface area contributed by atoms with Gasteiger partial charge in [-0.2, -0.15) is 0 Å². The normalized spacial score (nSPS) is 14.5. The van der Waals surface area contributed by atoms with Gasteiger partial charge in [0.15, 0.2) is 11.0 Å². The molecule has 1 aromatic carbocycles. The number of carbonyl (C=O) groups excluding carboxylic acids is 2. The molecule has 1 aliphatic heterocycles. The lowest BCUT2D eigenvalue weighted by molar-refractivity contribution is -0.130. The zero-order valence-electron chi connectivity index (χ0n) is 19.7. The Balaban J connectivity index is 1.45. The van der Waals surface area contributed by atoms with E-state index in [9.17, 15) is 9.59 Å². The number of rotatable bonds is 11. The Morgan fingerprint density at radius 2 is 1.97 bits per heavy atom. The van der Waals surface area contributed by atoms with Crippen LogP contribution in [0.3, 0.4) is 0 Å². The Morgan fingerprint density at radius 3 is 2.67 bits per heavy atom. The van der Waals surface area contributed by atoms with Crippen LogP contribution in [0.25, 0.3) is 11.4 Å². The summed E-state index contributed by atoms with van der Waals surface area (Å²) in [5.74, 6) is 1.26. The second-order valence-electron chi connectivity index (χ2n) is 8.06. The van der Waals surface area contributed by atoms with E-state index >= 15 is 0 Å². The molecule has 0 aliphatic carbocycles. The minimum Gasteiger partial charge on any atom is -0.385 e. The summed E-state index contributed by atoms with van der Waals surface area (Å²) in [6.07, 6.45) is 0.806. The van der Waals surface area contributed by atoms with E-state index < -0.39 is 0 Å². The average molecular weight is 475 g/mol. The van der Waals surface area contributed by atoms with Crippen LogP contribution in [0.15, 0.2) is 29.4 Å². The number of nitrogens with one attached hydrogen (secondary N) is 1. The summed E-state index contributed by atoms with van der Waals surface area (Å²) in [4.78, 5) is 28.8. The molecular weight excluding hydrogens is 440 g/mol. The van der Waals surface area contributed by atoms with Crippen molar-refractivity contribution in [1.29, 1.82) is 0 Å². The van der Waals surface area contributed by atoms with Crippen molar-refractivity contribution in [2.45, 2.75) is 32.0 Å². The van der Waals surface area contributed by atoms with Crippen LogP contribution in [0.1, 0.15) is 18.9 Å². The molecular formula is C23H34N6O3S. The number of aryl methyl sites for hydroxylation is 1. The van der Waals surface area contributed by atoms with Gasteiger partial charge in [-0.05, 0) is 26.3 Å². The highest BCUT2D eigenvalue weighted by Gasteiger charge is 2.23. The quantitative estimate of drug-likeness (QED) is 0.391. The fourth-order valence-corrected chi connectivity index (χ4v) is 4.66. The third-order valence-electron chi connectivity index (χ3n) is 5.57. The number of aromatic nitrogens is 3. The van der Waals surface area contributed by atoms with Crippen LogP contribution in [0.2, 0.25) is 0 Å². The molecule has 1 fully saturated rings. The first kappa shape index (κ1) is 25.2. The summed E-state index contributed by atoms with van der Waals surface area (Å²) in [6, 6.07) is 8.19. The summed E-state index contributed by atoms with van der Waals surface area (Å²) in [6.45, 7) is 9.13. The van der Waals surface area contributed by atoms with E-state index in [1.54, 1.807) is 7.11 Å². The standard InChI is InChI=1S/C23H34N6O3S/c1-4-29-22(19-8-5-7-18(2)15-19)25-26-23(29)33-17-21(31)28-12-10-27(11-13-28)16-20(30)24-9-6-14-32-3/h5,7-8,15H,4,6,9-14,16-17H2,1-3H3,(H,24,30). The summed E-state index contributed by atoms with van der Waals surface area (Å²) in [7, 11) is 1.65. The molecule has 9 nitrogen and oxygen atoms in total. The molecule has 3 rings (SSSR count). The zero-order valence-corrected chi connectivity index (χ0v) is 20.6. The van der Waals surface area contributed by atoms with Gasteiger partial charge in [0.05, 0.1) is 12.3 Å². The van der Waals surface area contributed by atoms with Gasteiger partial charge < -0.3 is 19.5 Å². The predicted molar refractivity (Wildman–Crippen MR) is 129 cm³/mol. The Morgan fingerprint density at radius 1 is 1.18 bits per heavy atom. The van der Waals surface area contributed by atoms with Crippen LogP contribution in [0, 0.1) is 6.92 Å². The van der Waals surface area contributed by atoms with Crippen molar-refractivity contribution in [2.24, 2.45) is 0 Å². The number of hydrogen-bond donors (Lipinski definition) is 1. The van der Waals surface area contributed by atoms with Crippen molar-refractivity contribution >= 4 is 23.6 Å². The fourth-order valence-electron chi connectivity index (χ4n) is 3.75. The number of nitrogens with zero attached hydrogens (tertiary/aromatic N) is 5. The van der Waals surface area contributed by atoms with Crippen LogP contribution < -0.4 is 5.32 Å². The summed E-state index contributed by atoms with van der Waals surface area (Å²) >= 11 is 1.43. The Kier molecular flexibility index (Phi) is 9.71. The molecule has 1 saturated heterocycles. The first-order chi connectivity index (χ1) is 16.0. The van der Waals surface area contributed by atoms with Crippen molar-refractivity contribution in [2.75, 3.05) is 58.7 Å². The molecule has 0 atom stereocenters. The van der Waals surface area contributed by atoms with Crippen LogP contribution in [-0.2, 0) is 20.9 Å². The van der Waals surface area contributed by atoms with E-state index in [1.807, 2.05) is 17.0 Å². The molecule has 0 saturated carbocycles. The van der Waals surface area contributed by atoms with Gasteiger partial charge in [-0.25, -0.2) is 0 Å². The summed E-state index contributed by atoms with van der Waals surface area (Å²) in [5, 5.41) is 12.4. The molecule has 1 N–H and O–H groups in total. The lowest BCUT2D eigenvalue weighted by atomic mass is 10.1. The highest BCUT2D eigenvalue weighted by molar-refractivity contribution is 7.99. The van der Waals surface area contributed by atoms with Crippen molar-refractivity contribution in [3.05, 3.63) is 29.8 Å². The lowest BCUT2D eigenvalue weighted by Gasteiger charge is -2.34. The molecule has 2 heterocycles. The van der Waals surface area contributed by atoms with Gasteiger partial charge in [0, 0.05) is 58.5 Å². The van der Waals surface area contributed by atoms with Crippen molar-refractivity contribution in [1.82, 2.24) is 29.9 Å². The first-order valence-electron chi connectivity index (χ1n) is 11.4. The third kappa shape index (κ3) is 7.28. The van der Waals surface area contributed by atoms with E-state index in [0.29, 0.717) is 51.6 Å². The van der Waals surface area contributed by atoms with E-state index in [1.165, 1.54) is 17.3 Å². The van der Waals surface area contributed by atoms with E-state index in [0.717, 1.165) is 29.5 Å². The molecule has 10 heteroatoms. The Labute approximate surface area is 199 Å². The maximum Gasteiger partial charge on any atom is 0.234 e. The van der Waals surface area contributed by atoms with Crippen LogP contribution >= 0.6 is 11.8 Å². The number of hydrogen-bond acceptors (Lipinski definition) is 7. The predicted octanol–water partition coefficient (Wildman–Crippen LogP) is 1.66. The minimum absolute atomic E-state index is 0.0183. The fraction of sp³-hybridized carbons (Fsp3) is 0.565. The van der Waals surface area contributed by atoms with Crippen LogP contribution in [-0.4, -0.2) is 95.1 Å². The van der Waals surface area contributed by atoms with Gasteiger partial charge in [0.1, 0.15) is 0 Å². The number of methoxy groups -OCH3 is 1. The van der Waals surface area contributed by atoms with E-state index in [2.05, 4.69) is 51.0 Å². The molecule has 2 aromatic rings. The van der Waals surface area contributed by atoms with E-state index in [4.69, 9.17) is 4.74 Å². The van der Waals surface area contributed by atoms with Crippen molar-refractivity contribution < 1.29 is 14.3 Å². The molecule has 180 valence electrons. The lowest BCUT2D eigenvalue weighted by Crippen LogP contribution is -2.51. The topological polar surface area (TPSA) is 92.6 Å². The zero-order chi connectivity index (χ0) is 23.6. The van der Waals surface area contributed by atoms with Crippen molar-refractivity contribution in [3.8, 4) is 11.4 Å². The van der Waals surface area contributed by atoms with Gasteiger partial charge in [-0.3, -0.25) is 14.5 Å². The maximum atomic E-state index is 12.8. The average Bonchev–Trinajstić information content (AvgIpc) is 3.24. The number of ether oxygens (including phenoxy) is 1. The monoisotopic (exact) mass is 474 g/mol. The molecule has 33 heavy (non-hydrogen) atoms. The highest BCUT2D eigenvalue weighted by Crippen LogP contribution is 2.25. The van der Waals surface area contributed by atoms with Gasteiger partial charge in [-0.15, -0.1) is 10.2 Å². The second-order valence-corrected chi connectivity index (χ2v) is 9.00. The van der Waals surface area contributed by atoms with Crippen LogP contribution in [0.4, 0.5) is 0 Å². The molecule has 0 unspecified atom stereocenters. The number of piperazine rings is 1.